The number of furan rings is 1. The highest BCUT2D eigenvalue weighted by Gasteiger charge is 2.45. The minimum absolute atomic E-state index is 0.0222. The fraction of sp³-hybridized carbons (Fsp3) is 0.250. The van der Waals surface area contributed by atoms with E-state index in [9.17, 15) is 14.7 Å². The second-order valence-corrected chi connectivity index (χ2v) is 7.23. The molecule has 2 heterocycles. The summed E-state index contributed by atoms with van der Waals surface area (Å²) in [6, 6.07) is 15.2. The van der Waals surface area contributed by atoms with Crippen LogP contribution in [0.5, 0.6) is 5.75 Å². The Morgan fingerprint density at radius 1 is 1.13 bits per heavy atom. The zero-order chi connectivity index (χ0) is 22.0. The van der Waals surface area contributed by atoms with Crippen LogP contribution in [0.15, 0.2) is 70.3 Å². The second-order valence-electron chi connectivity index (χ2n) is 7.23. The van der Waals surface area contributed by atoms with Crippen molar-refractivity contribution >= 4 is 22.7 Å². The first-order valence-electron chi connectivity index (χ1n) is 9.96. The molecular weight excluding hydrogens is 398 g/mol. The van der Waals surface area contributed by atoms with Gasteiger partial charge in [0, 0.05) is 31.2 Å². The van der Waals surface area contributed by atoms with Crippen LogP contribution in [0.2, 0.25) is 0 Å². The number of para-hydroxylation sites is 2. The van der Waals surface area contributed by atoms with E-state index in [-0.39, 0.29) is 11.3 Å². The summed E-state index contributed by atoms with van der Waals surface area (Å²) in [5.41, 5.74) is 1.14. The molecule has 0 saturated carbocycles. The first-order valence-corrected chi connectivity index (χ1v) is 9.96. The van der Waals surface area contributed by atoms with Gasteiger partial charge in [-0.1, -0.05) is 36.4 Å². The lowest BCUT2D eigenvalue weighted by molar-refractivity contribution is -0.129. The Morgan fingerprint density at radius 3 is 2.61 bits per heavy atom. The summed E-state index contributed by atoms with van der Waals surface area (Å²) in [5.74, 6) is -1.13. The van der Waals surface area contributed by atoms with Crippen LogP contribution < -0.4 is 4.74 Å². The fourth-order valence-corrected chi connectivity index (χ4v) is 3.94. The average molecular weight is 421 g/mol. The number of carbonyl (C=O) groups excluding carboxylic acids is 2. The number of Topliss-reactive ketones (excluding diaryl/α,β-unsaturated/α-hetero) is 1. The molecule has 1 amide bonds. The molecule has 1 unspecified atom stereocenters. The van der Waals surface area contributed by atoms with Crippen molar-refractivity contribution in [2.24, 2.45) is 0 Å². The van der Waals surface area contributed by atoms with Crippen LogP contribution >= 0.6 is 0 Å². The zero-order valence-corrected chi connectivity index (χ0v) is 17.3. The Morgan fingerprint density at radius 2 is 1.87 bits per heavy atom. The van der Waals surface area contributed by atoms with E-state index in [2.05, 4.69) is 0 Å². The summed E-state index contributed by atoms with van der Waals surface area (Å²) in [5, 5.41) is 11.5. The molecule has 1 aliphatic heterocycles. The molecule has 0 saturated heterocycles. The van der Waals surface area contributed by atoms with Gasteiger partial charge in [0.15, 0.2) is 11.5 Å². The summed E-state index contributed by atoms with van der Waals surface area (Å²) >= 11 is 0. The number of nitrogens with zero attached hydrogens (tertiary/aromatic N) is 1. The van der Waals surface area contributed by atoms with E-state index in [0.29, 0.717) is 36.5 Å². The van der Waals surface area contributed by atoms with E-state index in [0.717, 1.165) is 5.39 Å². The molecule has 0 spiro atoms. The second kappa shape index (κ2) is 8.65. The van der Waals surface area contributed by atoms with Gasteiger partial charge in [-0.3, -0.25) is 9.59 Å². The number of methoxy groups -OCH3 is 2. The van der Waals surface area contributed by atoms with Crippen molar-refractivity contribution in [3.63, 3.8) is 0 Å². The predicted octanol–water partition coefficient (Wildman–Crippen LogP) is 4.06. The van der Waals surface area contributed by atoms with Gasteiger partial charge in [-0.15, -0.1) is 0 Å². The molecule has 1 aliphatic rings. The van der Waals surface area contributed by atoms with Crippen LogP contribution in [0.3, 0.4) is 0 Å². The molecule has 0 bridgehead atoms. The lowest BCUT2D eigenvalue weighted by atomic mass is 9.94. The number of hydrogen-bond donors (Lipinski definition) is 1. The smallest absolute Gasteiger partial charge is 0.290 e. The lowest BCUT2D eigenvalue weighted by Crippen LogP contribution is -2.32. The standard InChI is InChI=1S/C24H23NO6/c1-29-13-7-12-25-21(16-9-4-6-11-18(16)30-2)20(23(27)24(25)28)22(26)19-14-15-8-3-5-10-17(15)31-19/h3-6,8-11,14,21,27H,7,12-13H2,1-2H3. The third kappa shape index (κ3) is 3.68. The first-order chi connectivity index (χ1) is 15.1. The summed E-state index contributed by atoms with van der Waals surface area (Å²) < 4.78 is 16.3. The van der Waals surface area contributed by atoms with Crippen LogP contribution in [-0.2, 0) is 9.53 Å². The van der Waals surface area contributed by atoms with Crippen molar-refractivity contribution < 1.29 is 28.6 Å². The SMILES string of the molecule is COCCCN1C(=O)C(O)=C(C(=O)c2cc3ccccc3o2)C1c1ccccc1OC. The number of aliphatic hydroxyl groups excluding tert-OH is 1. The van der Waals surface area contributed by atoms with E-state index in [4.69, 9.17) is 13.9 Å². The average Bonchev–Trinajstić information content (AvgIpc) is 3.33. The molecule has 7 nitrogen and oxygen atoms in total. The minimum atomic E-state index is -0.804. The largest absolute Gasteiger partial charge is 0.503 e. The molecule has 7 heteroatoms. The van der Waals surface area contributed by atoms with Crippen LogP contribution in [0, 0.1) is 0 Å². The van der Waals surface area contributed by atoms with Crippen molar-refractivity contribution in [2.45, 2.75) is 12.5 Å². The van der Waals surface area contributed by atoms with Crippen LogP contribution in [0.1, 0.15) is 28.6 Å². The van der Waals surface area contributed by atoms with Gasteiger partial charge in [-0.2, -0.15) is 0 Å². The number of ether oxygens (including phenoxy) is 2. The highest BCUT2D eigenvalue weighted by Crippen LogP contribution is 2.42. The monoisotopic (exact) mass is 421 g/mol. The molecule has 2 aromatic carbocycles. The molecule has 0 radical (unpaired) electrons. The molecule has 3 aromatic rings. The van der Waals surface area contributed by atoms with E-state index >= 15 is 0 Å². The zero-order valence-electron chi connectivity index (χ0n) is 17.3. The van der Waals surface area contributed by atoms with Crippen molar-refractivity contribution in [2.75, 3.05) is 27.4 Å². The number of fused-ring (bicyclic) bond motifs is 1. The number of carbonyl (C=O) groups is 2. The first kappa shape index (κ1) is 20.7. The molecule has 31 heavy (non-hydrogen) atoms. The summed E-state index contributed by atoms with van der Waals surface area (Å²) in [4.78, 5) is 27.9. The molecule has 0 fully saturated rings. The Labute approximate surface area is 179 Å². The van der Waals surface area contributed by atoms with Gasteiger partial charge >= 0.3 is 0 Å². The topological polar surface area (TPSA) is 89.2 Å². The normalized spacial score (nSPS) is 16.4. The van der Waals surface area contributed by atoms with Gasteiger partial charge < -0.3 is 23.9 Å². The number of amides is 1. The molecule has 160 valence electrons. The predicted molar refractivity (Wildman–Crippen MR) is 114 cm³/mol. The molecule has 1 atom stereocenters. The quantitative estimate of drug-likeness (QED) is 0.436. The van der Waals surface area contributed by atoms with Crippen molar-refractivity contribution in [1.82, 2.24) is 4.90 Å². The van der Waals surface area contributed by atoms with Crippen LogP contribution in [0.4, 0.5) is 0 Å². The molecular formula is C24H23NO6. The Hall–Kier alpha value is -3.58. The van der Waals surface area contributed by atoms with Gasteiger partial charge in [0.2, 0.25) is 5.78 Å². The third-order valence-electron chi connectivity index (χ3n) is 5.38. The highest BCUT2D eigenvalue weighted by molar-refractivity contribution is 6.16. The molecule has 4 rings (SSSR count). The minimum Gasteiger partial charge on any atom is -0.503 e. The van der Waals surface area contributed by atoms with Gasteiger partial charge in [-0.25, -0.2) is 0 Å². The van der Waals surface area contributed by atoms with Gasteiger partial charge in [0.05, 0.1) is 18.7 Å². The molecule has 1 aromatic heterocycles. The summed E-state index contributed by atoms with van der Waals surface area (Å²) in [6.45, 7) is 0.742. The fourth-order valence-electron chi connectivity index (χ4n) is 3.94. The molecule has 0 aliphatic carbocycles. The highest BCUT2D eigenvalue weighted by atomic mass is 16.5. The third-order valence-corrected chi connectivity index (χ3v) is 5.38. The maximum absolute atomic E-state index is 13.5. The Balaban J connectivity index is 1.80. The van der Waals surface area contributed by atoms with Gasteiger partial charge in [0.25, 0.3) is 5.91 Å². The lowest BCUT2D eigenvalue weighted by Gasteiger charge is -2.27. The number of benzene rings is 2. The summed E-state index contributed by atoms with van der Waals surface area (Å²) in [7, 11) is 3.10. The van der Waals surface area contributed by atoms with Gasteiger partial charge in [0.1, 0.15) is 11.3 Å². The van der Waals surface area contributed by atoms with E-state index in [1.807, 2.05) is 18.2 Å². The van der Waals surface area contributed by atoms with Gasteiger partial charge in [-0.05, 0) is 24.6 Å². The van der Waals surface area contributed by atoms with Crippen molar-refractivity contribution in [3.8, 4) is 5.75 Å². The van der Waals surface area contributed by atoms with Crippen molar-refractivity contribution in [1.29, 1.82) is 0 Å². The maximum Gasteiger partial charge on any atom is 0.290 e. The van der Waals surface area contributed by atoms with Crippen molar-refractivity contribution in [3.05, 3.63) is 77.3 Å². The summed E-state index contributed by atoms with van der Waals surface area (Å²) in [6.07, 6.45) is 0.549. The number of rotatable bonds is 8. The Kier molecular flexibility index (Phi) is 5.77. The maximum atomic E-state index is 13.5. The number of ketones is 1. The number of hydrogen-bond acceptors (Lipinski definition) is 6. The van der Waals surface area contributed by atoms with Crippen LogP contribution in [0.25, 0.3) is 11.0 Å². The molecule has 1 N–H and O–H groups in total. The van der Waals surface area contributed by atoms with E-state index < -0.39 is 23.5 Å². The number of aliphatic hydroxyl groups is 1. The van der Waals surface area contributed by atoms with E-state index in [1.54, 1.807) is 43.5 Å². The van der Waals surface area contributed by atoms with Crippen LogP contribution in [-0.4, -0.2) is 49.1 Å². The Bertz CT molecular complexity index is 1130. The van der Waals surface area contributed by atoms with E-state index in [1.165, 1.54) is 12.0 Å².